The standard InChI is InChI=1S/C40H78NO7P/c1-3-5-7-9-11-13-15-17-19-20-22-24-26-28-30-32-35-45-37-39(38-47-49(43,44)46-36-34-41)48-40(42)33-31-29-27-25-23-21-18-16-14-12-10-8-6-4-2/h10,12,16,18,39H,3-9,11,13-15,17,19-38,41H2,1-2H3,(H,43,44)/b12-10-,18-16-. The lowest BCUT2D eigenvalue weighted by Gasteiger charge is -2.20. The molecule has 0 aromatic heterocycles. The average molecular weight is 716 g/mol. The molecular weight excluding hydrogens is 637 g/mol. The summed E-state index contributed by atoms with van der Waals surface area (Å²) in [6.07, 6.45) is 40.4. The highest BCUT2D eigenvalue weighted by atomic mass is 31.2. The summed E-state index contributed by atoms with van der Waals surface area (Å²) >= 11 is 0. The molecule has 2 atom stereocenters. The number of esters is 1. The minimum absolute atomic E-state index is 0.0965. The second-order valence-electron chi connectivity index (χ2n) is 13.5. The van der Waals surface area contributed by atoms with Crippen molar-refractivity contribution in [3.63, 3.8) is 0 Å². The Labute approximate surface area is 302 Å². The first-order valence-corrected chi connectivity index (χ1v) is 21.8. The lowest BCUT2D eigenvalue weighted by molar-refractivity contribution is -0.154. The van der Waals surface area contributed by atoms with Crippen molar-refractivity contribution in [1.29, 1.82) is 0 Å². The maximum absolute atomic E-state index is 12.5. The van der Waals surface area contributed by atoms with Gasteiger partial charge in [-0.3, -0.25) is 13.8 Å². The molecule has 290 valence electrons. The lowest BCUT2D eigenvalue weighted by atomic mass is 10.0. The number of phosphoric ester groups is 1. The van der Waals surface area contributed by atoms with Crippen LogP contribution in [0.1, 0.15) is 187 Å². The molecular formula is C40H78NO7P. The van der Waals surface area contributed by atoms with Crippen molar-refractivity contribution in [2.45, 2.75) is 193 Å². The first kappa shape index (κ1) is 48.0. The zero-order valence-electron chi connectivity index (χ0n) is 31.9. The fourth-order valence-corrected chi connectivity index (χ4v) is 6.37. The SMILES string of the molecule is CCCC/C=C\C/C=C\CCCCCCCC(=O)OC(COCCCCCCCCCCCCCCCCCC)COP(=O)(O)OCCN. The molecule has 49 heavy (non-hydrogen) atoms. The summed E-state index contributed by atoms with van der Waals surface area (Å²) in [5, 5.41) is 0. The van der Waals surface area contributed by atoms with Gasteiger partial charge in [0, 0.05) is 19.6 Å². The highest BCUT2D eigenvalue weighted by molar-refractivity contribution is 7.47. The third-order valence-electron chi connectivity index (χ3n) is 8.62. The Bertz CT molecular complexity index is 807. The quantitative estimate of drug-likeness (QED) is 0.0279. The minimum atomic E-state index is -4.27. The first-order valence-electron chi connectivity index (χ1n) is 20.3. The number of nitrogens with two attached hydrogens (primary N) is 1. The number of ether oxygens (including phenoxy) is 2. The average Bonchev–Trinajstić information content (AvgIpc) is 3.09. The molecule has 2 unspecified atom stereocenters. The van der Waals surface area contributed by atoms with Crippen LogP contribution in [0, 0.1) is 0 Å². The second kappa shape index (κ2) is 38.2. The van der Waals surface area contributed by atoms with Gasteiger partial charge in [-0.15, -0.1) is 0 Å². The number of rotatable bonds is 39. The van der Waals surface area contributed by atoms with Gasteiger partial charge in [0.25, 0.3) is 0 Å². The second-order valence-corrected chi connectivity index (χ2v) is 15.0. The number of allylic oxidation sites excluding steroid dienone is 4. The number of hydrogen-bond donors (Lipinski definition) is 2. The highest BCUT2D eigenvalue weighted by Gasteiger charge is 2.25. The van der Waals surface area contributed by atoms with Crippen LogP contribution < -0.4 is 5.73 Å². The van der Waals surface area contributed by atoms with Gasteiger partial charge in [0.15, 0.2) is 0 Å². The molecule has 8 nitrogen and oxygen atoms in total. The van der Waals surface area contributed by atoms with E-state index in [-0.39, 0.29) is 32.3 Å². The van der Waals surface area contributed by atoms with E-state index in [1.165, 1.54) is 109 Å². The van der Waals surface area contributed by atoms with E-state index in [2.05, 4.69) is 38.2 Å². The van der Waals surface area contributed by atoms with Crippen molar-refractivity contribution in [1.82, 2.24) is 0 Å². The molecule has 0 saturated heterocycles. The van der Waals surface area contributed by atoms with Gasteiger partial charge in [-0.1, -0.05) is 167 Å². The summed E-state index contributed by atoms with van der Waals surface area (Å²) < 4.78 is 33.3. The number of hydrogen-bond acceptors (Lipinski definition) is 7. The summed E-state index contributed by atoms with van der Waals surface area (Å²) in [5.41, 5.74) is 5.36. The van der Waals surface area contributed by atoms with E-state index in [1.807, 2.05) is 0 Å². The van der Waals surface area contributed by atoms with Crippen LogP contribution in [-0.4, -0.2) is 49.9 Å². The van der Waals surface area contributed by atoms with Crippen LogP contribution >= 0.6 is 7.82 Å². The Kier molecular flexibility index (Phi) is 37.4. The van der Waals surface area contributed by atoms with Crippen molar-refractivity contribution in [2.24, 2.45) is 5.73 Å². The van der Waals surface area contributed by atoms with Crippen molar-refractivity contribution >= 4 is 13.8 Å². The fraction of sp³-hybridized carbons (Fsp3) is 0.875. The molecule has 0 saturated carbocycles. The van der Waals surface area contributed by atoms with Crippen LogP contribution in [0.25, 0.3) is 0 Å². The molecule has 0 heterocycles. The Morgan fingerprint density at radius 2 is 1.10 bits per heavy atom. The van der Waals surface area contributed by atoms with Crippen molar-refractivity contribution < 1.29 is 32.8 Å². The number of phosphoric acid groups is 1. The molecule has 3 N–H and O–H groups in total. The molecule has 9 heteroatoms. The number of unbranched alkanes of at least 4 members (excludes halogenated alkanes) is 22. The summed E-state index contributed by atoms with van der Waals surface area (Å²) in [6, 6.07) is 0. The Morgan fingerprint density at radius 1 is 0.612 bits per heavy atom. The number of carbonyl (C=O) groups excluding carboxylic acids is 1. The van der Waals surface area contributed by atoms with Gasteiger partial charge < -0.3 is 20.1 Å². The Balaban J connectivity index is 4.05. The van der Waals surface area contributed by atoms with Gasteiger partial charge >= 0.3 is 13.8 Å². The Morgan fingerprint density at radius 3 is 1.65 bits per heavy atom. The molecule has 0 bridgehead atoms. The van der Waals surface area contributed by atoms with E-state index in [0.717, 1.165) is 57.8 Å². The molecule has 0 spiro atoms. The van der Waals surface area contributed by atoms with Crippen LogP contribution in [0.2, 0.25) is 0 Å². The monoisotopic (exact) mass is 716 g/mol. The molecule has 0 fully saturated rings. The summed E-state index contributed by atoms with van der Waals surface area (Å²) in [4.78, 5) is 22.4. The molecule has 0 aromatic rings. The third-order valence-corrected chi connectivity index (χ3v) is 9.61. The summed E-state index contributed by atoms with van der Waals surface area (Å²) in [5.74, 6) is -0.342. The normalized spacial score (nSPS) is 13.8. The largest absolute Gasteiger partial charge is 0.472 e. The lowest BCUT2D eigenvalue weighted by Crippen LogP contribution is -2.28. The van der Waals surface area contributed by atoms with Crippen LogP contribution in [0.5, 0.6) is 0 Å². The fourth-order valence-electron chi connectivity index (χ4n) is 5.60. The molecule has 0 radical (unpaired) electrons. The van der Waals surface area contributed by atoms with Crippen LogP contribution in [0.15, 0.2) is 24.3 Å². The third kappa shape index (κ3) is 38.1. The zero-order valence-corrected chi connectivity index (χ0v) is 32.8. The molecule has 0 aliphatic rings. The molecule has 0 aliphatic carbocycles. The zero-order chi connectivity index (χ0) is 35.9. The van der Waals surface area contributed by atoms with Gasteiger partial charge in [0.2, 0.25) is 0 Å². The van der Waals surface area contributed by atoms with E-state index >= 15 is 0 Å². The molecule has 0 aromatic carbocycles. The van der Waals surface area contributed by atoms with Crippen LogP contribution in [0.3, 0.4) is 0 Å². The van der Waals surface area contributed by atoms with Crippen LogP contribution in [-0.2, 0) is 27.9 Å². The van der Waals surface area contributed by atoms with E-state index in [9.17, 15) is 14.3 Å². The van der Waals surface area contributed by atoms with Gasteiger partial charge in [-0.2, -0.15) is 0 Å². The van der Waals surface area contributed by atoms with E-state index in [0.29, 0.717) is 13.0 Å². The predicted molar refractivity (Wildman–Crippen MR) is 206 cm³/mol. The molecule has 0 rings (SSSR count). The molecule has 0 aliphatic heterocycles. The number of carbonyl (C=O) groups is 1. The Hall–Kier alpha value is -1.02. The van der Waals surface area contributed by atoms with Crippen molar-refractivity contribution in [2.75, 3.05) is 33.0 Å². The van der Waals surface area contributed by atoms with Crippen LogP contribution in [0.4, 0.5) is 0 Å². The van der Waals surface area contributed by atoms with E-state index in [1.54, 1.807) is 0 Å². The van der Waals surface area contributed by atoms with E-state index in [4.69, 9.17) is 24.3 Å². The van der Waals surface area contributed by atoms with Crippen molar-refractivity contribution in [3.05, 3.63) is 24.3 Å². The van der Waals surface area contributed by atoms with Gasteiger partial charge in [0.1, 0.15) is 6.10 Å². The van der Waals surface area contributed by atoms with Crippen molar-refractivity contribution in [3.8, 4) is 0 Å². The summed E-state index contributed by atoms with van der Waals surface area (Å²) in [7, 11) is -4.27. The van der Waals surface area contributed by atoms with E-state index < -0.39 is 13.9 Å². The summed E-state index contributed by atoms with van der Waals surface area (Å²) in [6.45, 7) is 4.88. The minimum Gasteiger partial charge on any atom is -0.457 e. The molecule has 0 amide bonds. The maximum Gasteiger partial charge on any atom is 0.472 e. The highest BCUT2D eigenvalue weighted by Crippen LogP contribution is 2.43. The van der Waals surface area contributed by atoms with Gasteiger partial charge in [-0.25, -0.2) is 4.57 Å². The maximum atomic E-state index is 12.5. The smallest absolute Gasteiger partial charge is 0.457 e. The van der Waals surface area contributed by atoms with Gasteiger partial charge in [-0.05, 0) is 38.5 Å². The van der Waals surface area contributed by atoms with Gasteiger partial charge in [0.05, 0.1) is 19.8 Å². The predicted octanol–water partition coefficient (Wildman–Crippen LogP) is 11.7. The topological polar surface area (TPSA) is 117 Å². The first-order chi connectivity index (χ1) is 23.9.